The van der Waals surface area contributed by atoms with Gasteiger partial charge in [-0.3, -0.25) is 4.79 Å². The standard InChI is InChI=1S/C13H15ClN2O2/c1-3-12-16-10-6-9(4-5-11(10)18-12)15-13(17)8(2)7-14/h4-6,8H,3,7H2,1-2H3,(H,15,17). The molecule has 0 saturated heterocycles. The van der Waals surface area contributed by atoms with Gasteiger partial charge in [-0.15, -0.1) is 11.6 Å². The van der Waals surface area contributed by atoms with E-state index in [0.29, 0.717) is 17.5 Å². The van der Waals surface area contributed by atoms with E-state index in [1.807, 2.05) is 13.0 Å². The van der Waals surface area contributed by atoms with Gasteiger partial charge >= 0.3 is 0 Å². The monoisotopic (exact) mass is 266 g/mol. The number of rotatable bonds is 4. The van der Waals surface area contributed by atoms with Gasteiger partial charge in [-0.2, -0.15) is 0 Å². The number of oxazole rings is 1. The number of aryl methyl sites for hydroxylation is 1. The highest BCUT2D eigenvalue weighted by Gasteiger charge is 2.12. The van der Waals surface area contributed by atoms with Crippen LogP contribution in [0.15, 0.2) is 22.6 Å². The van der Waals surface area contributed by atoms with Crippen LogP contribution in [-0.2, 0) is 11.2 Å². The molecule has 1 atom stereocenters. The molecule has 96 valence electrons. The highest BCUT2D eigenvalue weighted by Crippen LogP contribution is 2.20. The van der Waals surface area contributed by atoms with Crippen LogP contribution in [0.25, 0.3) is 11.1 Å². The fourth-order valence-electron chi connectivity index (χ4n) is 1.54. The third-order valence-electron chi connectivity index (χ3n) is 2.68. The van der Waals surface area contributed by atoms with Crippen LogP contribution < -0.4 is 5.32 Å². The van der Waals surface area contributed by atoms with E-state index in [2.05, 4.69) is 10.3 Å². The van der Waals surface area contributed by atoms with Crippen LogP contribution in [-0.4, -0.2) is 16.8 Å². The Morgan fingerprint density at radius 2 is 2.33 bits per heavy atom. The SMILES string of the molecule is CCc1nc2cc(NC(=O)C(C)CCl)ccc2o1. The average Bonchev–Trinajstić information content (AvgIpc) is 2.79. The van der Waals surface area contributed by atoms with Crippen molar-refractivity contribution in [1.29, 1.82) is 0 Å². The van der Waals surface area contributed by atoms with Crippen molar-refractivity contribution in [2.24, 2.45) is 5.92 Å². The van der Waals surface area contributed by atoms with Crippen LogP contribution in [0.2, 0.25) is 0 Å². The molecule has 0 aliphatic heterocycles. The molecule has 0 radical (unpaired) electrons. The van der Waals surface area contributed by atoms with Gasteiger partial charge in [0.2, 0.25) is 5.91 Å². The molecular weight excluding hydrogens is 252 g/mol. The Bertz CT molecular complexity index is 565. The number of alkyl halides is 1. The number of hydrogen-bond acceptors (Lipinski definition) is 3. The molecule has 1 N–H and O–H groups in total. The lowest BCUT2D eigenvalue weighted by Crippen LogP contribution is -2.21. The lowest BCUT2D eigenvalue weighted by Gasteiger charge is -2.08. The van der Waals surface area contributed by atoms with Gasteiger partial charge in [0.1, 0.15) is 5.52 Å². The quantitative estimate of drug-likeness (QED) is 0.865. The van der Waals surface area contributed by atoms with E-state index < -0.39 is 0 Å². The van der Waals surface area contributed by atoms with Gasteiger partial charge in [-0.1, -0.05) is 13.8 Å². The molecule has 0 aliphatic rings. The molecule has 5 heteroatoms. The van der Waals surface area contributed by atoms with Crippen molar-refractivity contribution in [1.82, 2.24) is 4.98 Å². The second-order valence-electron chi connectivity index (χ2n) is 4.19. The van der Waals surface area contributed by atoms with Gasteiger partial charge in [0.25, 0.3) is 0 Å². The van der Waals surface area contributed by atoms with Gasteiger partial charge in [0, 0.05) is 23.9 Å². The molecule has 1 amide bonds. The number of nitrogens with zero attached hydrogens (tertiary/aromatic N) is 1. The van der Waals surface area contributed by atoms with Crippen LogP contribution in [0.1, 0.15) is 19.7 Å². The van der Waals surface area contributed by atoms with Crippen LogP contribution in [0, 0.1) is 5.92 Å². The second kappa shape index (κ2) is 5.40. The largest absolute Gasteiger partial charge is 0.441 e. The zero-order chi connectivity index (χ0) is 13.1. The highest BCUT2D eigenvalue weighted by atomic mass is 35.5. The minimum Gasteiger partial charge on any atom is -0.441 e. The van der Waals surface area contributed by atoms with Crippen molar-refractivity contribution in [2.45, 2.75) is 20.3 Å². The molecule has 0 bridgehead atoms. The van der Waals surface area contributed by atoms with Gasteiger partial charge in [0.05, 0.1) is 0 Å². The summed E-state index contributed by atoms with van der Waals surface area (Å²) in [5.41, 5.74) is 2.19. The third-order valence-corrected chi connectivity index (χ3v) is 3.14. The Morgan fingerprint density at radius 1 is 1.56 bits per heavy atom. The zero-order valence-electron chi connectivity index (χ0n) is 10.4. The Labute approximate surface area is 110 Å². The van der Waals surface area contributed by atoms with Gasteiger partial charge in [0.15, 0.2) is 11.5 Å². The number of hydrogen-bond donors (Lipinski definition) is 1. The average molecular weight is 267 g/mol. The third kappa shape index (κ3) is 2.64. The summed E-state index contributed by atoms with van der Waals surface area (Å²) in [4.78, 5) is 16.0. The first-order valence-corrected chi connectivity index (χ1v) is 6.43. The number of carbonyl (C=O) groups excluding carboxylic acids is 1. The van der Waals surface area contributed by atoms with Crippen molar-refractivity contribution in [2.75, 3.05) is 11.2 Å². The highest BCUT2D eigenvalue weighted by molar-refractivity contribution is 6.19. The van der Waals surface area contributed by atoms with Crippen LogP contribution in [0.5, 0.6) is 0 Å². The predicted molar refractivity (Wildman–Crippen MR) is 71.9 cm³/mol. The van der Waals surface area contributed by atoms with Gasteiger partial charge < -0.3 is 9.73 Å². The van der Waals surface area contributed by atoms with E-state index in [-0.39, 0.29) is 11.8 Å². The summed E-state index contributed by atoms with van der Waals surface area (Å²) >= 11 is 5.64. The smallest absolute Gasteiger partial charge is 0.228 e. The van der Waals surface area contributed by atoms with E-state index >= 15 is 0 Å². The molecule has 0 aliphatic carbocycles. The van der Waals surface area contributed by atoms with Crippen molar-refractivity contribution < 1.29 is 9.21 Å². The topological polar surface area (TPSA) is 55.1 Å². The van der Waals surface area contributed by atoms with Gasteiger partial charge in [-0.05, 0) is 18.2 Å². The number of aromatic nitrogens is 1. The number of benzene rings is 1. The van der Waals surface area contributed by atoms with Crippen molar-refractivity contribution in [3.05, 3.63) is 24.1 Å². The summed E-state index contributed by atoms with van der Waals surface area (Å²) in [5, 5.41) is 2.81. The fraction of sp³-hybridized carbons (Fsp3) is 0.385. The molecular formula is C13H15ClN2O2. The number of anilines is 1. The summed E-state index contributed by atoms with van der Waals surface area (Å²) in [5.74, 6) is 0.690. The first-order valence-electron chi connectivity index (χ1n) is 5.90. The summed E-state index contributed by atoms with van der Waals surface area (Å²) < 4.78 is 5.50. The molecule has 0 spiro atoms. The summed E-state index contributed by atoms with van der Waals surface area (Å²) in [6, 6.07) is 5.41. The summed E-state index contributed by atoms with van der Waals surface area (Å²) in [6.07, 6.45) is 0.750. The number of nitrogens with one attached hydrogen (secondary N) is 1. The number of fused-ring (bicyclic) bond motifs is 1. The lowest BCUT2D eigenvalue weighted by molar-refractivity contribution is -0.118. The van der Waals surface area contributed by atoms with E-state index in [1.165, 1.54) is 0 Å². The van der Waals surface area contributed by atoms with Crippen molar-refractivity contribution in [3.8, 4) is 0 Å². The first kappa shape index (κ1) is 12.9. The van der Waals surface area contributed by atoms with Crippen molar-refractivity contribution >= 4 is 34.3 Å². The molecule has 1 unspecified atom stereocenters. The fourth-order valence-corrected chi connectivity index (χ4v) is 1.68. The van der Waals surface area contributed by atoms with E-state index in [1.54, 1.807) is 19.1 Å². The first-order chi connectivity index (χ1) is 8.63. The minimum absolute atomic E-state index is 0.0939. The Hall–Kier alpha value is -1.55. The molecule has 0 saturated carbocycles. The normalized spacial score (nSPS) is 12.6. The Balaban J connectivity index is 2.21. The minimum atomic E-state index is -0.217. The molecule has 18 heavy (non-hydrogen) atoms. The van der Waals surface area contributed by atoms with E-state index in [4.69, 9.17) is 16.0 Å². The molecule has 4 nitrogen and oxygen atoms in total. The molecule has 2 rings (SSSR count). The summed E-state index contributed by atoms with van der Waals surface area (Å²) in [6.45, 7) is 3.77. The number of carbonyl (C=O) groups is 1. The zero-order valence-corrected chi connectivity index (χ0v) is 11.1. The van der Waals surface area contributed by atoms with Crippen LogP contribution >= 0.6 is 11.6 Å². The molecule has 1 aromatic carbocycles. The maximum absolute atomic E-state index is 11.7. The Kier molecular flexibility index (Phi) is 3.87. The number of amides is 1. The van der Waals surface area contributed by atoms with Crippen molar-refractivity contribution in [3.63, 3.8) is 0 Å². The predicted octanol–water partition coefficient (Wildman–Crippen LogP) is 3.20. The van der Waals surface area contributed by atoms with Crippen LogP contribution in [0.4, 0.5) is 5.69 Å². The Morgan fingerprint density at radius 3 is 3.00 bits per heavy atom. The van der Waals surface area contributed by atoms with Gasteiger partial charge in [-0.25, -0.2) is 4.98 Å². The maximum atomic E-state index is 11.7. The molecule has 1 heterocycles. The van der Waals surface area contributed by atoms with E-state index in [0.717, 1.165) is 17.5 Å². The maximum Gasteiger partial charge on any atom is 0.228 e. The lowest BCUT2D eigenvalue weighted by atomic mass is 10.2. The number of halogens is 1. The second-order valence-corrected chi connectivity index (χ2v) is 4.50. The molecule has 1 aromatic heterocycles. The molecule has 0 fully saturated rings. The summed E-state index contributed by atoms with van der Waals surface area (Å²) in [7, 11) is 0. The van der Waals surface area contributed by atoms with E-state index in [9.17, 15) is 4.79 Å². The molecule has 2 aromatic rings. The van der Waals surface area contributed by atoms with Crippen LogP contribution in [0.3, 0.4) is 0 Å².